The minimum absolute atomic E-state index is 0.0197. The van der Waals surface area contributed by atoms with E-state index in [-0.39, 0.29) is 6.42 Å². The molecule has 4 atom stereocenters. The Kier molecular flexibility index (Phi) is 4.01. The normalized spacial score (nSPS) is 46.5. The van der Waals surface area contributed by atoms with Crippen molar-refractivity contribution in [1.29, 1.82) is 0 Å². The summed E-state index contributed by atoms with van der Waals surface area (Å²) in [6.07, 6.45) is 7.93. The number of ether oxygens (including phenoxy) is 1. The molecule has 3 fully saturated rings. The van der Waals surface area contributed by atoms with Crippen LogP contribution in [0.2, 0.25) is 0 Å². The summed E-state index contributed by atoms with van der Waals surface area (Å²) in [4.78, 5) is 21.7. The van der Waals surface area contributed by atoms with Gasteiger partial charge in [0.1, 0.15) is 0 Å². The van der Waals surface area contributed by atoms with E-state index in [0.717, 1.165) is 24.7 Å². The fourth-order valence-corrected chi connectivity index (χ4v) is 4.37. The van der Waals surface area contributed by atoms with Crippen LogP contribution in [-0.4, -0.2) is 22.7 Å². The Morgan fingerprint density at radius 1 is 1.14 bits per heavy atom. The lowest BCUT2D eigenvalue weighted by molar-refractivity contribution is -0.356. The van der Waals surface area contributed by atoms with E-state index in [1.165, 1.54) is 25.7 Å². The van der Waals surface area contributed by atoms with Crippen LogP contribution < -0.4 is 0 Å². The quantitative estimate of drug-likeness (QED) is 0.805. The van der Waals surface area contributed by atoms with E-state index < -0.39 is 17.5 Å². The summed E-state index contributed by atoms with van der Waals surface area (Å²) in [5, 5.41) is 8.82. The molecule has 0 aromatic carbocycles. The molecule has 0 aromatic heterocycles. The largest absolute Gasteiger partial charge is 0.481 e. The molecule has 0 aromatic rings. The number of hydrogen-bond donors (Lipinski definition) is 1. The molecule has 21 heavy (non-hydrogen) atoms. The molecule has 2 unspecified atom stereocenters. The van der Waals surface area contributed by atoms with Gasteiger partial charge in [-0.3, -0.25) is 4.79 Å². The molecule has 2 saturated carbocycles. The molecule has 5 nitrogen and oxygen atoms in total. The lowest BCUT2D eigenvalue weighted by atomic mass is 9.66. The van der Waals surface area contributed by atoms with E-state index in [1.54, 1.807) is 6.92 Å². The van der Waals surface area contributed by atoms with Gasteiger partial charge in [-0.05, 0) is 44.9 Å². The van der Waals surface area contributed by atoms with E-state index in [9.17, 15) is 4.79 Å². The highest BCUT2D eigenvalue weighted by molar-refractivity contribution is 5.66. The van der Waals surface area contributed by atoms with E-state index >= 15 is 0 Å². The van der Waals surface area contributed by atoms with Gasteiger partial charge in [-0.1, -0.05) is 19.3 Å². The molecule has 3 rings (SSSR count). The van der Waals surface area contributed by atoms with Crippen molar-refractivity contribution in [2.75, 3.05) is 0 Å². The van der Waals surface area contributed by atoms with Crippen LogP contribution in [0.15, 0.2) is 0 Å². The maximum absolute atomic E-state index is 10.7. The van der Waals surface area contributed by atoms with Gasteiger partial charge >= 0.3 is 5.97 Å². The molecule has 2 bridgehead atoms. The van der Waals surface area contributed by atoms with Crippen LogP contribution in [0.1, 0.15) is 65.2 Å². The lowest BCUT2D eigenvalue weighted by Crippen LogP contribution is -2.43. The molecule has 0 spiro atoms. The zero-order valence-corrected chi connectivity index (χ0v) is 13.0. The van der Waals surface area contributed by atoms with Crippen molar-refractivity contribution in [3.8, 4) is 0 Å². The van der Waals surface area contributed by atoms with Gasteiger partial charge < -0.3 is 9.84 Å². The standard InChI is InChI=1S/C16H26O5/c1-15(7-6-14(17)18)19-16(2,21-20-15)13-9-11-4-3-5-12(8-11)10-13/h11-13H,3-10H2,1-2H3,(H,17,18)/t11?,12?,13?,15-,16+/m1/s1. The maximum Gasteiger partial charge on any atom is 0.303 e. The number of rotatable bonds is 4. The topological polar surface area (TPSA) is 65.0 Å². The molecule has 2 aliphatic carbocycles. The number of aliphatic carboxylic acids is 1. The molecule has 0 radical (unpaired) electrons. The minimum atomic E-state index is -0.945. The summed E-state index contributed by atoms with van der Waals surface area (Å²) < 4.78 is 6.08. The monoisotopic (exact) mass is 298 g/mol. The van der Waals surface area contributed by atoms with Crippen molar-refractivity contribution >= 4 is 5.97 Å². The van der Waals surface area contributed by atoms with Gasteiger partial charge in [0, 0.05) is 12.3 Å². The predicted octanol–water partition coefficient (Wildman–Crippen LogP) is 3.48. The number of hydrogen-bond acceptors (Lipinski definition) is 4. The van der Waals surface area contributed by atoms with Gasteiger partial charge in [0.15, 0.2) is 0 Å². The number of carbonyl (C=O) groups is 1. The number of fused-ring (bicyclic) bond motifs is 2. The van der Waals surface area contributed by atoms with Gasteiger partial charge in [0.2, 0.25) is 11.6 Å². The summed E-state index contributed by atoms with van der Waals surface area (Å²) in [6.45, 7) is 3.72. The van der Waals surface area contributed by atoms with Gasteiger partial charge in [-0.25, -0.2) is 0 Å². The van der Waals surface area contributed by atoms with Crippen LogP contribution in [0, 0.1) is 17.8 Å². The Labute approximate surface area is 125 Å². The van der Waals surface area contributed by atoms with Crippen molar-refractivity contribution in [2.24, 2.45) is 17.8 Å². The third kappa shape index (κ3) is 3.25. The lowest BCUT2D eigenvalue weighted by Gasteiger charge is -2.43. The summed E-state index contributed by atoms with van der Waals surface area (Å²) in [5.41, 5.74) is 0. The first-order valence-corrected chi connectivity index (χ1v) is 8.17. The SMILES string of the molecule is C[C@]1(CCC(=O)O)OO[C@@](C)(C2CC3CCCC(C3)C2)O1. The van der Waals surface area contributed by atoms with E-state index in [4.69, 9.17) is 19.6 Å². The molecular weight excluding hydrogens is 272 g/mol. The second-order valence-electron chi connectivity index (χ2n) is 7.38. The summed E-state index contributed by atoms with van der Waals surface area (Å²) >= 11 is 0. The summed E-state index contributed by atoms with van der Waals surface area (Å²) in [5.74, 6) is -0.603. The van der Waals surface area contributed by atoms with Crippen LogP contribution in [0.4, 0.5) is 0 Å². The van der Waals surface area contributed by atoms with Crippen LogP contribution >= 0.6 is 0 Å². The molecule has 1 saturated heterocycles. The first-order valence-electron chi connectivity index (χ1n) is 8.17. The first kappa shape index (κ1) is 15.3. The Balaban J connectivity index is 1.64. The van der Waals surface area contributed by atoms with Gasteiger partial charge in [0.05, 0.1) is 6.42 Å². The van der Waals surface area contributed by atoms with E-state index in [0.29, 0.717) is 12.3 Å². The fourth-order valence-electron chi connectivity index (χ4n) is 4.37. The third-order valence-electron chi connectivity index (χ3n) is 5.46. The van der Waals surface area contributed by atoms with Gasteiger partial charge in [-0.15, -0.1) is 0 Å². The highest BCUT2D eigenvalue weighted by atomic mass is 17.3. The first-order chi connectivity index (χ1) is 9.89. The Bertz CT molecular complexity index is 399. The van der Waals surface area contributed by atoms with Gasteiger partial charge in [-0.2, -0.15) is 9.78 Å². The van der Waals surface area contributed by atoms with E-state index in [2.05, 4.69) is 0 Å². The molecular formula is C16H26O5. The maximum atomic E-state index is 10.7. The van der Waals surface area contributed by atoms with Crippen LogP contribution in [-0.2, 0) is 19.3 Å². The average molecular weight is 298 g/mol. The Hall–Kier alpha value is -0.650. The molecule has 1 aliphatic heterocycles. The molecule has 0 amide bonds. The molecule has 120 valence electrons. The van der Waals surface area contributed by atoms with Crippen LogP contribution in [0.5, 0.6) is 0 Å². The predicted molar refractivity (Wildman–Crippen MR) is 75.1 cm³/mol. The van der Waals surface area contributed by atoms with Crippen molar-refractivity contribution in [1.82, 2.24) is 0 Å². The van der Waals surface area contributed by atoms with Crippen LogP contribution in [0.25, 0.3) is 0 Å². The second-order valence-corrected chi connectivity index (χ2v) is 7.38. The number of carboxylic acid groups (broad SMARTS) is 1. The zero-order chi connectivity index (χ0) is 15.1. The molecule has 1 N–H and O–H groups in total. The van der Waals surface area contributed by atoms with Crippen molar-refractivity contribution in [3.05, 3.63) is 0 Å². The summed E-state index contributed by atoms with van der Waals surface area (Å²) in [6, 6.07) is 0. The summed E-state index contributed by atoms with van der Waals surface area (Å²) in [7, 11) is 0. The number of carboxylic acids is 1. The molecule has 3 aliphatic rings. The average Bonchev–Trinajstić information content (AvgIpc) is 2.74. The molecule has 5 heteroatoms. The minimum Gasteiger partial charge on any atom is -0.481 e. The smallest absolute Gasteiger partial charge is 0.303 e. The van der Waals surface area contributed by atoms with Crippen molar-refractivity contribution in [3.63, 3.8) is 0 Å². The van der Waals surface area contributed by atoms with Crippen molar-refractivity contribution in [2.45, 2.75) is 76.8 Å². The van der Waals surface area contributed by atoms with Crippen molar-refractivity contribution < 1.29 is 24.4 Å². The van der Waals surface area contributed by atoms with E-state index in [1.807, 2.05) is 6.92 Å². The molecule has 1 heterocycles. The third-order valence-corrected chi connectivity index (χ3v) is 5.46. The Morgan fingerprint density at radius 2 is 1.81 bits per heavy atom. The second kappa shape index (κ2) is 5.52. The zero-order valence-electron chi connectivity index (χ0n) is 13.0. The fraction of sp³-hybridized carbons (Fsp3) is 0.938. The highest BCUT2D eigenvalue weighted by Gasteiger charge is 2.53. The van der Waals surface area contributed by atoms with Crippen LogP contribution in [0.3, 0.4) is 0 Å². The van der Waals surface area contributed by atoms with Gasteiger partial charge in [0.25, 0.3) is 0 Å². The highest BCUT2D eigenvalue weighted by Crippen LogP contribution is 2.50. The Morgan fingerprint density at radius 3 is 2.43 bits per heavy atom.